The molecule has 0 spiro atoms. The van der Waals surface area contributed by atoms with E-state index < -0.39 is 0 Å². The van der Waals surface area contributed by atoms with E-state index in [-0.39, 0.29) is 26.5 Å². The molecule has 0 aliphatic heterocycles. The second kappa shape index (κ2) is 14.9. The molecule has 7 aromatic rings. The van der Waals surface area contributed by atoms with Gasteiger partial charge < -0.3 is 9.30 Å². The van der Waals surface area contributed by atoms with Crippen molar-refractivity contribution in [3.05, 3.63) is 131 Å². The van der Waals surface area contributed by atoms with Gasteiger partial charge in [-0.05, 0) is 96.8 Å². The zero-order valence-corrected chi connectivity index (χ0v) is 34.0. The number of ether oxygens (including phenoxy) is 1. The van der Waals surface area contributed by atoms with E-state index in [1.165, 1.54) is 16.5 Å². The number of aromatic nitrogens is 4. The smallest absolute Gasteiger partial charge is 0.509 e. The number of benzene rings is 4. The number of rotatable bonds is 9. The van der Waals surface area contributed by atoms with Crippen molar-refractivity contribution in [1.82, 2.24) is 19.3 Å². The van der Waals surface area contributed by atoms with Crippen LogP contribution in [0, 0.1) is 44.2 Å². The fraction of sp³-hybridized carbons (Fsp3) is 0.304. The minimum absolute atomic E-state index is 0. The van der Waals surface area contributed by atoms with E-state index in [0.29, 0.717) is 23.3 Å². The molecule has 3 aromatic heterocycles. The van der Waals surface area contributed by atoms with Crippen LogP contribution >= 0.6 is 0 Å². The summed E-state index contributed by atoms with van der Waals surface area (Å²) in [5.74, 6) is 3.12. The molecule has 0 amide bonds. The summed E-state index contributed by atoms with van der Waals surface area (Å²) in [6, 6.07) is 37.2. The van der Waals surface area contributed by atoms with Crippen LogP contribution in [0.15, 0.2) is 91.1 Å². The van der Waals surface area contributed by atoms with Gasteiger partial charge in [0.1, 0.15) is 5.82 Å². The Hall–Kier alpha value is -4.47. The van der Waals surface area contributed by atoms with Crippen LogP contribution in [0.3, 0.4) is 0 Å². The van der Waals surface area contributed by atoms with Crippen LogP contribution in [-0.2, 0) is 27.5 Å². The summed E-state index contributed by atoms with van der Waals surface area (Å²) >= 11 is 0. The van der Waals surface area contributed by atoms with Crippen LogP contribution in [0.5, 0.6) is 11.5 Å². The molecule has 1 unspecified atom stereocenters. The second-order valence-corrected chi connectivity index (χ2v) is 15.6. The van der Waals surface area contributed by atoms with Gasteiger partial charge in [-0.15, -0.1) is 35.7 Å². The quantitative estimate of drug-likeness (QED) is 0.136. The summed E-state index contributed by atoms with van der Waals surface area (Å²) in [5.41, 5.74) is 11.1. The third kappa shape index (κ3) is 7.52. The normalized spacial score (nSPS) is 12.4. The molecule has 4 aromatic carbocycles. The van der Waals surface area contributed by atoms with E-state index in [4.69, 9.17) is 14.8 Å². The Morgan fingerprint density at radius 3 is 2.29 bits per heavy atom. The number of pyridine rings is 1. The molecule has 268 valence electrons. The van der Waals surface area contributed by atoms with Crippen molar-refractivity contribution in [2.24, 2.45) is 11.3 Å². The molecule has 0 saturated heterocycles. The van der Waals surface area contributed by atoms with Crippen molar-refractivity contribution in [3.8, 4) is 34.1 Å². The SMILES string of the molecule is Cc1ccnc(-n2c3[c-]c(Oc4[c-]c(-n5nc(C)c(-c6ccccc6)c5C)cc(CCC(C)(C)C)c4)ccc3c3cc(C(C)C(C)C)ccc32)c1.[Pt+2]. The Morgan fingerprint density at radius 1 is 0.808 bits per heavy atom. The first-order valence-corrected chi connectivity index (χ1v) is 18.2. The fourth-order valence-electron chi connectivity index (χ4n) is 6.99. The summed E-state index contributed by atoms with van der Waals surface area (Å²) in [5, 5.41) is 7.33. The summed E-state index contributed by atoms with van der Waals surface area (Å²) in [7, 11) is 0. The van der Waals surface area contributed by atoms with Crippen LogP contribution < -0.4 is 4.74 Å². The Morgan fingerprint density at radius 2 is 1.58 bits per heavy atom. The van der Waals surface area contributed by atoms with E-state index >= 15 is 0 Å². The first kappa shape index (κ1) is 37.3. The third-order valence-electron chi connectivity index (χ3n) is 10.2. The van der Waals surface area contributed by atoms with Gasteiger partial charge in [0.15, 0.2) is 0 Å². The number of hydrogen-bond donors (Lipinski definition) is 0. The molecule has 0 fully saturated rings. The van der Waals surface area contributed by atoms with Gasteiger partial charge in [0.25, 0.3) is 0 Å². The molecular weight excluding hydrogens is 820 g/mol. The molecule has 5 nitrogen and oxygen atoms in total. The first-order valence-electron chi connectivity index (χ1n) is 18.2. The van der Waals surface area contributed by atoms with E-state index in [1.807, 2.05) is 29.1 Å². The number of fused-ring (bicyclic) bond motifs is 3. The van der Waals surface area contributed by atoms with Crippen LogP contribution in [-0.4, -0.2) is 19.3 Å². The Labute approximate surface area is 323 Å². The van der Waals surface area contributed by atoms with E-state index in [0.717, 1.165) is 68.8 Å². The van der Waals surface area contributed by atoms with Crippen LogP contribution in [0.2, 0.25) is 0 Å². The predicted molar refractivity (Wildman–Crippen MR) is 211 cm³/mol. The molecule has 6 heteroatoms. The Kier molecular flexibility index (Phi) is 10.7. The van der Waals surface area contributed by atoms with Gasteiger partial charge in [-0.2, -0.15) is 16.7 Å². The standard InChI is InChI=1S/C46H48N4O.Pt/c1-29(2)31(4)36-15-18-42-41(26-36)40-17-16-38(28-43(40)49(42)44-23-30(3)20-22-47-44)51-39-25-34(19-21-46(7,8)9)24-37(27-39)50-33(6)45(32(5)48-50)35-13-11-10-12-14-35;/h10-18,20,22-26,29,31H,19,21H2,1-9H3;/q-2;+2. The van der Waals surface area contributed by atoms with Gasteiger partial charge in [-0.25, -0.2) is 4.98 Å². The molecule has 3 heterocycles. The zero-order chi connectivity index (χ0) is 36.0. The fourth-order valence-corrected chi connectivity index (χ4v) is 6.99. The molecule has 0 aliphatic rings. The minimum atomic E-state index is 0. The zero-order valence-electron chi connectivity index (χ0n) is 31.7. The van der Waals surface area contributed by atoms with Crippen molar-refractivity contribution < 1.29 is 25.8 Å². The van der Waals surface area contributed by atoms with Crippen molar-refractivity contribution >= 4 is 21.8 Å². The van der Waals surface area contributed by atoms with Crippen LogP contribution in [0.4, 0.5) is 0 Å². The van der Waals surface area contributed by atoms with Crippen molar-refractivity contribution in [2.75, 3.05) is 0 Å². The average molecular weight is 868 g/mol. The molecule has 0 aliphatic carbocycles. The third-order valence-corrected chi connectivity index (χ3v) is 10.2. The molecule has 1 atom stereocenters. The maximum absolute atomic E-state index is 6.70. The topological polar surface area (TPSA) is 44.9 Å². The van der Waals surface area contributed by atoms with E-state index in [1.54, 1.807) is 0 Å². The number of hydrogen-bond acceptors (Lipinski definition) is 3. The Bertz CT molecular complexity index is 2360. The Balaban J connectivity index is 0.00000464. The van der Waals surface area contributed by atoms with Crippen LogP contribution in [0.25, 0.3) is 44.4 Å². The number of nitrogens with zero attached hydrogens (tertiary/aromatic N) is 4. The van der Waals surface area contributed by atoms with Gasteiger partial charge in [0.2, 0.25) is 0 Å². The molecule has 0 radical (unpaired) electrons. The molecule has 0 bridgehead atoms. The minimum Gasteiger partial charge on any atom is -0.509 e. The molecular formula is C46H48N4OPt. The largest absolute Gasteiger partial charge is 2.00 e. The van der Waals surface area contributed by atoms with Crippen molar-refractivity contribution in [2.45, 2.75) is 81.1 Å². The predicted octanol–water partition coefficient (Wildman–Crippen LogP) is 12.1. The second-order valence-electron chi connectivity index (χ2n) is 15.6. The monoisotopic (exact) mass is 867 g/mol. The summed E-state index contributed by atoms with van der Waals surface area (Å²) in [4.78, 5) is 4.80. The maximum atomic E-state index is 6.70. The molecule has 7 rings (SSSR count). The summed E-state index contributed by atoms with van der Waals surface area (Å²) in [6.45, 7) is 20.0. The van der Waals surface area contributed by atoms with Gasteiger partial charge in [0, 0.05) is 34.5 Å². The van der Waals surface area contributed by atoms with E-state index in [9.17, 15) is 0 Å². The molecule has 0 saturated carbocycles. The van der Waals surface area contributed by atoms with Gasteiger partial charge in [0.05, 0.1) is 5.69 Å². The summed E-state index contributed by atoms with van der Waals surface area (Å²) < 4.78 is 10.9. The number of aryl methyl sites for hydroxylation is 3. The van der Waals surface area contributed by atoms with Crippen LogP contribution in [0.1, 0.15) is 82.0 Å². The van der Waals surface area contributed by atoms with Crippen molar-refractivity contribution in [1.29, 1.82) is 0 Å². The summed E-state index contributed by atoms with van der Waals surface area (Å²) in [6.07, 6.45) is 3.83. The van der Waals surface area contributed by atoms with E-state index in [2.05, 4.69) is 146 Å². The maximum Gasteiger partial charge on any atom is 2.00 e. The van der Waals surface area contributed by atoms with Gasteiger partial charge >= 0.3 is 21.1 Å². The molecule has 52 heavy (non-hydrogen) atoms. The van der Waals surface area contributed by atoms with Crippen molar-refractivity contribution in [3.63, 3.8) is 0 Å². The first-order chi connectivity index (χ1) is 24.4. The molecule has 0 N–H and O–H groups in total. The average Bonchev–Trinajstić information content (AvgIpc) is 3.58. The van der Waals surface area contributed by atoms with Gasteiger partial charge in [-0.3, -0.25) is 4.68 Å². The van der Waals surface area contributed by atoms with Gasteiger partial charge in [-0.1, -0.05) is 89.5 Å².